The van der Waals surface area contributed by atoms with Gasteiger partial charge in [-0.1, -0.05) is 24.3 Å². The monoisotopic (exact) mass is 432 g/mol. The Morgan fingerprint density at radius 1 is 1.12 bits per heavy atom. The van der Waals surface area contributed by atoms with E-state index in [9.17, 15) is 14.4 Å². The number of oxazole rings is 1. The molecule has 0 N–H and O–H groups in total. The summed E-state index contributed by atoms with van der Waals surface area (Å²) in [6.07, 6.45) is 3.53. The van der Waals surface area contributed by atoms with Gasteiger partial charge in [-0.25, -0.2) is 4.39 Å². The summed E-state index contributed by atoms with van der Waals surface area (Å²) in [4.78, 5) is 20.3. The Labute approximate surface area is 185 Å². The van der Waals surface area contributed by atoms with E-state index in [2.05, 4.69) is 11.1 Å². The Morgan fingerprint density at radius 3 is 2.50 bits per heavy atom. The number of ether oxygens (including phenoxy) is 1. The van der Waals surface area contributed by atoms with Crippen LogP contribution >= 0.6 is 0 Å². The van der Waals surface area contributed by atoms with Crippen LogP contribution in [0.2, 0.25) is 0 Å². The maximum atomic E-state index is 13.9. The molecule has 1 aliphatic rings. The first-order valence-electron chi connectivity index (χ1n) is 10.1. The van der Waals surface area contributed by atoms with Gasteiger partial charge in [0.1, 0.15) is 17.6 Å². The molecule has 1 aromatic heterocycles. The molecule has 7 nitrogen and oxygen atoms in total. The SMILES string of the molecule is COc1ccc(C=Cc2nc(C#N)c(N3CCN(C(=O)c4ccccc4F)CC3)o2)cc1. The molecule has 0 spiro atoms. The largest absolute Gasteiger partial charge is 0.497 e. The molecule has 1 saturated heterocycles. The molecule has 0 atom stereocenters. The molecule has 0 radical (unpaired) electrons. The molecule has 0 aliphatic carbocycles. The predicted molar refractivity (Wildman–Crippen MR) is 118 cm³/mol. The highest BCUT2D eigenvalue weighted by atomic mass is 19.1. The van der Waals surface area contributed by atoms with E-state index in [-0.39, 0.29) is 17.2 Å². The second kappa shape index (κ2) is 9.35. The zero-order chi connectivity index (χ0) is 22.5. The molecule has 4 rings (SSSR count). The lowest BCUT2D eigenvalue weighted by Gasteiger charge is -2.34. The van der Waals surface area contributed by atoms with Gasteiger partial charge >= 0.3 is 0 Å². The van der Waals surface area contributed by atoms with Crippen LogP contribution in [0.15, 0.2) is 52.9 Å². The molecular weight excluding hydrogens is 411 g/mol. The third-order valence-electron chi connectivity index (χ3n) is 5.22. The van der Waals surface area contributed by atoms with Gasteiger partial charge in [0.15, 0.2) is 0 Å². The molecule has 2 heterocycles. The first-order chi connectivity index (χ1) is 15.6. The summed E-state index contributed by atoms with van der Waals surface area (Å²) in [5.41, 5.74) is 1.18. The summed E-state index contributed by atoms with van der Waals surface area (Å²) in [6, 6.07) is 15.5. The molecular formula is C24H21FN4O3. The summed E-state index contributed by atoms with van der Waals surface area (Å²) >= 11 is 0. The standard InChI is InChI=1S/C24H21FN4O3/c1-31-18-9-6-17(7-10-18)8-11-22-27-21(16-26)24(32-22)29-14-12-28(13-15-29)23(30)19-4-2-3-5-20(19)25/h2-11H,12-15H2,1H3. The number of carbonyl (C=O) groups excluding carboxylic acids is 1. The topological polar surface area (TPSA) is 82.6 Å². The van der Waals surface area contributed by atoms with Crippen molar-refractivity contribution in [2.75, 3.05) is 38.2 Å². The van der Waals surface area contributed by atoms with Gasteiger partial charge in [0.25, 0.3) is 5.91 Å². The van der Waals surface area contributed by atoms with Crippen molar-refractivity contribution in [1.29, 1.82) is 5.26 Å². The lowest BCUT2D eigenvalue weighted by Crippen LogP contribution is -2.49. The molecule has 1 aliphatic heterocycles. The highest BCUT2D eigenvalue weighted by Gasteiger charge is 2.27. The third kappa shape index (κ3) is 4.47. The fraction of sp³-hybridized carbons (Fsp3) is 0.208. The molecule has 0 bridgehead atoms. The number of carbonyl (C=O) groups is 1. The number of anilines is 1. The predicted octanol–water partition coefficient (Wildman–Crippen LogP) is 3.83. The molecule has 162 valence electrons. The average molecular weight is 432 g/mol. The Bertz CT molecular complexity index is 1170. The molecule has 32 heavy (non-hydrogen) atoms. The summed E-state index contributed by atoms with van der Waals surface area (Å²) in [7, 11) is 1.61. The number of benzene rings is 2. The highest BCUT2D eigenvalue weighted by Crippen LogP contribution is 2.25. The zero-order valence-corrected chi connectivity index (χ0v) is 17.5. The summed E-state index contributed by atoms with van der Waals surface area (Å²) in [6.45, 7) is 1.67. The molecule has 8 heteroatoms. The van der Waals surface area contributed by atoms with Gasteiger partial charge in [-0.3, -0.25) is 4.79 Å². The summed E-state index contributed by atoms with van der Waals surface area (Å²) in [5.74, 6) is 0.580. The number of rotatable bonds is 5. The number of hydrogen-bond acceptors (Lipinski definition) is 6. The van der Waals surface area contributed by atoms with Crippen LogP contribution in [0.1, 0.15) is 27.5 Å². The number of nitrogens with zero attached hydrogens (tertiary/aromatic N) is 4. The second-order valence-electron chi connectivity index (χ2n) is 7.18. The van der Waals surface area contributed by atoms with E-state index in [1.807, 2.05) is 35.2 Å². The smallest absolute Gasteiger partial charge is 0.256 e. The van der Waals surface area contributed by atoms with Crippen LogP contribution in [-0.4, -0.2) is 49.1 Å². The van der Waals surface area contributed by atoms with E-state index in [0.29, 0.717) is 38.0 Å². The van der Waals surface area contributed by atoms with Crippen molar-refractivity contribution in [3.8, 4) is 11.8 Å². The van der Waals surface area contributed by atoms with Gasteiger partial charge in [0.2, 0.25) is 17.5 Å². The van der Waals surface area contributed by atoms with Crippen LogP contribution < -0.4 is 9.64 Å². The van der Waals surface area contributed by atoms with E-state index in [1.165, 1.54) is 12.1 Å². The van der Waals surface area contributed by atoms with E-state index < -0.39 is 5.82 Å². The van der Waals surface area contributed by atoms with Crippen molar-refractivity contribution >= 4 is 23.9 Å². The van der Waals surface area contributed by atoms with Crippen LogP contribution in [0.5, 0.6) is 5.75 Å². The molecule has 2 aromatic carbocycles. The number of piperazine rings is 1. The van der Waals surface area contributed by atoms with Crippen LogP contribution in [0.25, 0.3) is 12.2 Å². The van der Waals surface area contributed by atoms with E-state index in [1.54, 1.807) is 30.2 Å². The van der Waals surface area contributed by atoms with E-state index in [4.69, 9.17) is 9.15 Å². The minimum Gasteiger partial charge on any atom is -0.497 e. The van der Waals surface area contributed by atoms with Crippen molar-refractivity contribution in [1.82, 2.24) is 9.88 Å². The van der Waals surface area contributed by atoms with Gasteiger partial charge < -0.3 is 19.0 Å². The van der Waals surface area contributed by atoms with Crippen molar-refractivity contribution in [2.24, 2.45) is 0 Å². The maximum Gasteiger partial charge on any atom is 0.256 e. The number of aromatic nitrogens is 1. The van der Waals surface area contributed by atoms with Gasteiger partial charge in [-0.15, -0.1) is 0 Å². The molecule has 1 amide bonds. The summed E-state index contributed by atoms with van der Waals surface area (Å²) < 4.78 is 24.9. The maximum absolute atomic E-state index is 13.9. The fourth-order valence-corrected chi connectivity index (χ4v) is 3.49. The van der Waals surface area contributed by atoms with Crippen molar-refractivity contribution in [3.05, 3.63) is 77.1 Å². The Morgan fingerprint density at radius 2 is 1.84 bits per heavy atom. The highest BCUT2D eigenvalue weighted by molar-refractivity contribution is 5.94. The molecule has 0 unspecified atom stereocenters. The molecule has 0 saturated carbocycles. The second-order valence-corrected chi connectivity index (χ2v) is 7.18. The lowest BCUT2D eigenvalue weighted by molar-refractivity contribution is 0.0740. The van der Waals surface area contributed by atoms with E-state index in [0.717, 1.165) is 11.3 Å². The number of methoxy groups -OCH3 is 1. The molecule has 1 fully saturated rings. The van der Waals surface area contributed by atoms with Crippen molar-refractivity contribution < 1.29 is 18.3 Å². The zero-order valence-electron chi connectivity index (χ0n) is 17.5. The fourth-order valence-electron chi connectivity index (χ4n) is 3.49. The number of nitriles is 1. The third-order valence-corrected chi connectivity index (χ3v) is 5.22. The first-order valence-corrected chi connectivity index (χ1v) is 10.1. The average Bonchev–Trinajstić information content (AvgIpc) is 3.26. The summed E-state index contributed by atoms with van der Waals surface area (Å²) in [5, 5.41) is 9.48. The Balaban J connectivity index is 1.44. The van der Waals surface area contributed by atoms with Gasteiger partial charge in [-0.05, 0) is 35.9 Å². The van der Waals surface area contributed by atoms with Crippen molar-refractivity contribution in [2.45, 2.75) is 0 Å². The van der Waals surface area contributed by atoms with Crippen LogP contribution in [0.3, 0.4) is 0 Å². The number of hydrogen-bond donors (Lipinski definition) is 0. The quantitative estimate of drug-likeness (QED) is 0.610. The first kappa shape index (κ1) is 21.1. The number of halogens is 1. The van der Waals surface area contributed by atoms with Gasteiger partial charge in [-0.2, -0.15) is 10.2 Å². The minimum atomic E-state index is -0.532. The minimum absolute atomic E-state index is 0.0595. The van der Waals surface area contributed by atoms with Crippen molar-refractivity contribution in [3.63, 3.8) is 0 Å². The molecule has 3 aromatic rings. The van der Waals surface area contributed by atoms with Gasteiger partial charge in [0.05, 0.1) is 12.7 Å². The Hall–Kier alpha value is -4.12. The van der Waals surface area contributed by atoms with Crippen LogP contribution in [0, 0.1) is 17.1 Å². The Kier molecular flexibility index (Phi) is 6.17. The van der Waals surface area contributed by atoms with Crippen LogP contribution in [0.4, 0.5) is 10.3 Å². The number of amides is 1. The lowest BCUT2D eigenvalue weighted by atomic mass is 10.1. The van der Waals surface area contributed by atoms with Gasteiger partial charge in [0, 0.05) is 32.3 Å². The van der Waals surface area contributed by atoms with Crippen LogP contribution in [-0.2, 0) is 0 Å². The van der Waals surface area contributed by atoms with E-state index >= 15 is 0 Å². The normalized spacial score (nSPS) is 13.9.